The quantitative estimate of drug-likeness (QED) is 0.427. The van der Waals surface area contributed by atoms with Gasteiger partial charge in [-0.1, -0.05) is 37.9 Å². The summed E-state index contributed by atoms with van der Waals surface area (Å²) in [6.07, 6.45) is 4.37. The highest BCUT2D eigenvalue weighted by Crippen LogP contribution is 2.46. The molecule has 2 aromatic carbocycles. The number of benzene rings is 2. The maximum atomic E-state index is 12.3. The number of anilines is 2. The fraction of sp³-hybridized carbons (Fsp3) is 0.400. The van der Waals surface area contributed by atoms with Gasteiger partial charge in [-0.25, -0.2) is 9.97 Å². The number of fused-ring (bicyclic) bond motifs is 3. The number of nitrogens with zero attached hydrogens (tertiary/aromatic N) is 2. The minimum Gasteiger partial charge on any atom is -0.493 e. The number of halogens is 1. The third kappa shape index (κ3) is 5.30. The van der Waals surface area contributed by atoms with Crippen molar-refractivity contribution in [1.29, 1.82) is 0 Å². The summed E-state index contributed by atoms with van der Waals surface area (Å²) in [6, 6.07) is 7.38. The maximum Gasteiger partial charge on any atom is 0.204 e. The Morgan fingerprint density at radius 1 is 1.18 bits per heavy atom. The summed E-state index contributed by atoms with van der Waals surface area (Å²) in [5, 5.41) is 4.55. The number of methoxy groups -OCH3 is 1. The molecule has 0 bridgehead atoms. The Morgan fingerprint density at radius 2 is 1.97 bits per heavy atom. The van der Waals surface area contributed by atoms with Crippen LogP contribution in [0.2, 0.25) is 5.02 Å². The van der Waals surface area contributed by atoms with Gasteiger partial charge in [0, 0.05) is 29.6 Å². The third-order valence-electron chi connectivity index (χ3n) is 5.54. The van der Waals surface area contributed by atoms with Crippen LogP contribution in [0, 0.1) is 5.92 Å². The lowest BCUT2D eigenvalue weighted by atomic mass is 10.0. The number of ether oxygens (including phenoxy) is 3. The van der Waals surface area contributed by atoms with Gasteiger partial charge in [0.1, 0.15) is 31.1 Å². The molecule has 0 atom stereocenters. The van der Waals surface area contributed by atoms with E-state index in [1.54, 1.807) is 19.2 Å². The summed E-state index contributed by atoms with van der Waals surface area (Å²) in [6.45, 7) is 5.20. The number of hydrogen-bond donors (Lipinski definition) is 1. The molecule has 0 saturated heterocycles. The SMILES string of the molecule is COc1cc2ncnc(Nc3ccc(CC(=O)CCCC(C)C)c(Cl)c3)c2c2c1OCCO2. The molecule has 0 unspecified atom stereocenters. The van der Waals surface area contributed by atoms with E-state index < -0.39 is 0 Å². The molecule has 0 amide bonds. The third-order valence-corrected chi connectivity index (χ3v) is 5.89. The van der Waals surface area contributed by atoms with E-state index in [4.69, 9.17) is 25.8 Å². The molecular formula is C25H28ClN3O4. The van der Waals surface area contributed by atoms with Gasteiger partial charge >= 0.3 is 0 Å². The van der Waals surface area contributed by atoms with E-state index in [9.17, 15) is 4.79 Å². The highest BCUT2D eigenvalue weighted by atomic mass is 35.5. The Balaban J connectivity index is 1.56. The van der Waals surface area contributed by atoms with E-state index in [0.29, 0.717) is 71.0 Å². The summed E-state index contributed by atoms with van der Waals surface area (Å²) in [5.74, 6) is 3.03. The van der Waals surface area contributed by atoms with Crippen molar-refractivity contribution in [1.82, 2.24) is 9.97 Å². The van der Waals surface area contributed by atoms with Gasteiger partial charge in [-0.3, -0.25) is 4.79 Å². The standard InChI is InChI=1S/C25H28ClN3O4/c1-15(2)5-4-6-18(30)11-16-7-8-17(12-19(16)26)29-25-22-20(27-14-28-25)13-21(31-3)23-24(22)33-10-9-32-23/h7-8,12-15H,4-6,9-11H2,1-3H3,(H,27,28,29). The largest absolute Gasteiger partial charge is 0.493 e. The maximum absolute atomic E-state index is 12.3. The molecule has 7 nitrogen and oxygen atoms in total. The molecule has 174 valence electrons. The van der Waals surface area contributed by atoms with E-state index in [1.165, 1.54) is 6.33 Å². The van der Waals surface area contributed by atoms with E-state index in [0.717, 1.165) is 24.1 Å². The predicted octanol–water partition coefficient (Wildman–Crippen LogP) is 5.74. The molecule has 3 aromatic rings. The molecule has 8 heteroatoms. The number of ketones is 1. The molecular weight excluding hydrogens is 442 g/mol. The first kappa shape index (κ1) is 23.1. The minimum atomic E-state index is 0.206. The Kier molecular flexibility index (Phi) is 7.18. The van der Waals surface area contributed by atoms with Crippen molar-refractivity contribution in [3.05, 3.63) is 41.2 Å². The number of Topliss-reactive ketones (excluding diaryl/α,β-unsaturated/α-hetero) is 1. The Labute approximate surface area is 198 Å². The number of nitrogens with one attached hydrogen (secondary N) is 1. The van der Waals surface area contributed by atoms with Crippen molar-refractivity contribution < 1.29 is 19.0 Å². The molecule has 1 aliphatic rings. The summed E-state index contributed by atoms with van der Waals surface area (Å²) in [7, 11) is 1.58. The van der Waals surface area contributed by atoms with Crippen LogP contribution in [0.1, 0.15) is 38.7 Å². The minimum absolute atomic E-state index is 0.206. The van der Waals surface area contributed by atoms with Crippen molar-refractivity contribution in [2.45, 2.75) is 39.5 Å². The normalized spacial score (nSPS) is 12.8. The van der Waals surface area contributed by atoms with E-state index in [1.807, 2.05) is 12.1 Å². The number of rotatable bonds is 9. The van der Waals surface area contributed by atoms with Crippen LogP contribution in [0.25, 0.3) is 10.9 Å². The fourth-order valence-corrected chi connectivity index (χ4v) is 4.12. The van der Waals surface area contributed by atoms with E-state index in [2.05, 4.69) is 29.1 Å². The van der Waals surface area contributed by atoms with Crippen LogP contribution in [-0.4, -0.2) is 36.1 Å². The molecule has 0 spiro atoms. The fourth-order valence-electron chi connectivity index (χ4n) is 3.87. The van der Waals surface area contributed by atoms with Crippen LogP contribution in [0.3, 0.4) is 0 Å². The summed E-state index contributed by atoms with van der Waals surface area (Å²) >= 11 is 6.51. The lowest BCUT2D eigenvalue weighted by Gasteiger charge is -2.23. The van der Waals surface area contributed by atoms with Gasteiger partial charge in [0.15, 0.2) is 11.5 Å². The Hall–Kier alpha value is -3.06. The Bertz CT molecular complexity index is 1170. The van der Waals surface area contributed by atoms with Crippen LogP contribution in [0.4, 0.5) is 11.5 Å². The van der Waals surface area contributed by atoms with Crippen LogP contribution in [0.5, 0.6) is 17.2 Å². The van der Waals surface area contributed by atoms with Crippen LogP contribution in [-0.2, 0) is 11.2 Å². The van der Waals surface area contributed by atoms with Crippen LogP contribution < -0.4 is 19.5 Å². The van der Waals surface area contributed by atoms with Crippen molar-refractivity contribution in [3.63, 3.8) is 0 Å². The highest BCUT2D eigenvalue weighted by Gasteiger charge is 2.24. The summed E-state index contributed by atoms with van der Waals surface area (Å²) in [5.41, 5.74) is 2.24. The smallest absolute Gasteiger partial charge is 0.204 e. The average Bonchev–Trinajstić information content (AvgIpc) is 2.80. The molecule has 0 radical (unpaired) electrons. The zero-order chi connectivity index (χ0) is 23.4. The first-order chi connectivity index (χ1) is 16.0. The van der Waals surface area contributed by atoms with Gasteiger partial charge in [0.25, 0.3) is 0 Å². The Morgan fingerprint density at radius 3 is 2.70 bits per heavy atom. The summed E-state index contributed by atoms with van der Waals surface area (Å²) in [4.78, 5) is 21.1. The lowest BCUT2D eigenvalue weighted by molar-refractivity contribution is -0.118. The van der Waals surface area contributed by atoms with Crippen LogP contribution >= 0.6 is 11.6 Å². The second kappa shape index (κ2) is 10.3. The average molecular weight is 470 g/mol. The zero-order valence-electron chi connectivity index (χ0n) is 19.1. The monoisotopic (exact) mass is 469 g/mol. The van der Waals surface area contributed by atoms with Gasteiger partial charge in [0.05, 0.1) is 18.0 Å². The van der Waals surface area contributed by atoms with Crippen LogP contribution in [0.15, 0.2) is 30.6 Å². The van der Waals surface area contributed by atoms with Crippen molar-refractivity contribution in [2.24, 2.45) is 5.92 Å². The second-order valence-electron chi connectivity index (χ2n) is 8.48. The van der Waals surface area contributed by atoms with Gasteiger partial charge < -0.3 is 19.5 Å². The van der Waals surface area contributed by atoms with Crippen molar-refractivity contribution in [2.75, 3.05) is 25.6 Å². The van der Waals surface area contributed by atoms with Crippen molar-refractivity contribution >= 4 is 39.8 Å². The van der Waals surface area contributed by atoms with Gasteiger partial charge in [-0.15, -0.1) is 0 Å². The molecule has 1 aromatic heterocycles. The first-order valence-electron chi connectivity index (χ1n) is 11.1. The van der Waals surface area contributed by atoms with Gasteiger partial charge in [-0.05, 0) is 30.0 Å². The van der Waals surface area contributed by atoms with Gasteiger partial charge in [-0.2, -0.15) is 0 Å². The van der Waals surface area contributed by atoms with E-state index >= 15 is 0 Å². The molecule has 0 aliphatic carbocycles. The highest BCUT2D eigenvalue weighted by molar-refractivity contribution is 6.31. The molecule has 0 saturated carbocycles. The van der Waals surface area contributed by atoms with Gasteiger partial charge in [0.2, 0.25) is 5.75 Å². The molecule has 2 heterocycles. The van der Waals surface area contributed by atoms with E-state index in [-0.39, 0.29) is 5.78 Å². The molecule has 4 rings (SSSR count). The topological polar surface area (TPSA) is 82.6 Å². The molecule has 0 fully saturated rings. The van der Waals surface area contributed by atoms with Crippen molar-refractivity contribution in [3.8, 4) is 17.2 Å². The second-order valence-corrected chi connectivity index (χ2v) is 8.89. The lowest BCUT2D eigenvalue weighted by Crippen LogP contribution is -2.16. The summed E-state index contributed by atoms with van der Waals surface area (Å²) < 4.78 is 17.1. The number of carbonyl (C=O) groups is 1. The number of aromatic nitrogens is 2. The molecule has 1 N–H and O–H groups in total. The number of hydrogen-bond acceptors (Lipinski definition) is 7. The zero-order valence-corrected chi connectivity index (χ0v) is 19.9. The number of carbonyl (C=O) groups excluding carboxylic acids is 1. The predicted molar refractivity (Wildman–Crippen MR) is 129 cm³/mol. The molecule has 1 aliphatic heterocycles. The first-order valence-corrected chi connectivity index (χ1v) is 11.5. The molecule has 33 heavy (non-hydrogen) atoms.